The summed E-state index contributed by atoms with van der Waals surface area (Å²) < 4.78 is 45.5. The second kappa shape index (κ2) is 12.3. The van der Waals surface area contributed by atoms with Crippen LogP contribution in [0.25, 0.3) is 0 Å². The van der Waals surface area contributed by atoms with E-state index >= 15 is 0 Å². The van der Waals surface area contributed by atoms with Crippen LogP contribution in [-0.2, 0) is 6.18 Å². The molecule has 2 heterocycles. The number of likely N-dealkylation sites (tertiary alicyclic amines) is 1. The number of nitro benzene ring substituents is 1. The first kappa shape index (κ1) is 28.1. The Hall–Kier alpha value is -2.92. The molecule has 2 aliphatic heterocycles. The summed E-state index contributed by atoms with van der Waals surface area (Å²) in [5.74, 6) is -0.00794. The first-order chi connectivity index (χ1) is 18.1. The molecule has 0 saturated carbocycles. The molecule has 2 aromatic rings. The number of hydrogen-bond acceptors (Lipinski definition) is 6. The average molecular weight is 551 g/mol. The normalized spacial score (nSPS) is 17.5. The van der Waals surface area contributed by atoms with Crippen molar-refractivity contribution in [1.29, 1.82) is 0 Å². The lowest BCUT2D eigenvalue weighted by atomic mass is 10.1. The largest absolute Gasteiger partial charge is 0.490 e. The molecule has 2 aromatic carbocycles. The molecular weight excluding hydrogens is 517 g/mol. The minimum Gasteiger partial charge on any atom is -0.490 e. The van der Waals surface area contributed by atoms with Gasteiger partial charge in [0.2, 0.25) is 0 Å². The molecule has 0 atom stereocenters. The highest BCUT2D eigenvalue weighted by Crippen LogP contribution is 2.38. The third kappa shape index (κ3) is 7.35. The van der Waals surface area contributed by atoms with E-state index in [0.29, 0.717) is 25.9 Å². The van der Waals surface area contributed by atoms with Gasteiger partial charge in [0.05, 0.1) is 9.91 Å². The van der Waals surface area contributed by atoms with Crippen LogP contribution in [0.4, 0.5) is 24.5 Å². The van der Waals surface area contributed by atoms with Crippen LogP contribution in [-0.4, -0.2) is 71.6 Å². The van der Waals surface area contributed by atoms with E-state index in [0.717, 1.165) is 62.7 Å². The van der Waals surface area contributed by atoms with Gasteiger partial charge in [-0.3, -0.25) is 15.0 Å². The highest BCUT2D eigenvalue weighted by molar-refractivity contribution is 7.80. The van der Waals surface area contributed by atoms with Crippen molar-refractivity contribution < 1.29 is 22.8 Å². The summed E-state index contributed by atoms with van der Waals surface area (Å²) in [6, 6.07) is 11.5. The molecule has 0 aliphatic carbocycles. The SMILES string of the molecule is Cc1ccc(N2CCN(CCCC(=S)N3CCC(Oc4ccc([N+](=O)[O-])c(C(F)(F)F)c4)CC3)CC2)cc1. The van der Waals surface area contributed by atoms with Crippen molar-refractivity contribution in [2.24, 2.45) is 0 Å². The summed E-state index contributed by atoms with van der Waals surface area (Å²) in [4.78, 5) is 17.9. The van der Waals surface area contributed by atoms with Gasteiger partial charge in [0.1, 0.15) is 17.4 Å². The summed E-state index contributed by atoms with van der Waals surface area (Å²) in [6.07, 6.45) is -2.02. The monoisotopic (exact) mass is 550 g/mol. The first-order valence-electron chi connectivity index (χ1n) is 12.9. The maximum Gasteiger partial charge on any atom is 0.423 e. The number of nitrogens with zero attached hydrogens (tertiary/aromatic N) is 4. The number of benzene rings is 2. The fraction of sp³-hybridized carbons (Fsp3) is 0.519. The third-order valence-electron chi connectivity index (χ3n) is 7.20. The number of anilines is 1. The van der Waals surface area contributed by atoms with Gasteiger partial charge in [0.15, 0.2) is 0 Å². The predicted molar refractivity (Wildman–Crippen MR) is 145 cm³/mol. The molecule has 4 rings (SSSR count). The fourth-order valence-electron chi connectivity index (χ4n) is 4.99. The van der Waals surface area contributed by atoms with Gasteiger partial charge in [-0.1, -0.05) is 29.9 Å². The molecule has 0 bridgehead atoms. The van der Waals surface area contributed by atoms with Gasteiger partial charge >= 0.3 is 6.18 Å². The highest BCUT2D eigenvalue weighted by atomic mass is 32.1. The minimum absolute atomic E-state index is 0.00794. The predicted octanol–water partition coefficient (Wildman–Crippen LogP) is 5.70. The zero-order valence-corrected chi connectivity index (χ0v) is 22.3. The molecule has 11 heteroatoms. The summed E-state index contributed by atoms with van der Waals surface area (Å²) in [5, 5.41) is 11.0. The lowest BCUT2D eigenvalue weighted by Gasteiger charge is -2.36. The maximum absolute atomic E-state index is 13.2. The van der Waals surface area contributed by atoms with E-state index in [4.69, 9.17) is 17.0 Å². The van der Waals surface area contributed by atoms with E-state index in [2.05, 4.69) is 45.9 Å². The Labute approximate surface area is 226 Å². The van der Waals surface area contributed by atoms with Crippen molar-refractivity contribution in [3.05, 3.63) is 63.7 Å². The minimum atomic E-state index is -4.83. The molecular formula is C27H33F3N4O3S. The lowest BCUT2D eigenvalue weighted by Crippen LogP contribution is -2.47. The number of piperidine rings is 1. The summed E-state index contributed by atoms with van der Waals surface area (Å²) >= 11 is 5.67. The van der Waals surface area contributed by atoms with E-state index in [-0.39, 0.29) is 11.9 Å². The van der Waals surface area contributed by atoms with Gasteiger partial charge in [-0.25, -0.2) is 0 Å². The molecule has 2 saturated heterocycles. The van der Waals surface area contributed by atoms with Gasteiger partial charge in [-0.15, -0.1) is 0 Å². The van der Waals surface area contributed by atoms with Crippen molar-refractivity contribution >= 4 is 28.6 Å². The standard InChI is InChI=1S/C27H33F3N4O3S/c1-20-4-6-21(7-5-20)32-17-15-31(16-18-32)12-2-3-26(38)33-13-10-22(11-14-33)37-23-8-9-25(34(35)36)24(19-23)27(28,29)30/h4-9,19,22H,2-3,10-18H2,1H3. The van der Waals surface area contributed by atoms with Crippen LogP contribution in [0.3, 0.4) is 0 Å². The zero-order valence-electron chi connectivity index (χ0n) is 21.5. The van der Waals surface area contributed by atoms with Crippen LogP contribution < -0.4 is 9.64 Å². The van der Waals surface area contributed by atoms with E-state index in [1.165, 1.54) is 17.3 Å². The van der Waals surface area contributed by atoms with E-state index in [1.54, 1.807) is 0 Å². The number of thiocarbonyl (C=S) groups is 1. The van der Waals surface area contributed by atoms with Crippen LogP contribution in [0.1, 0.15) is 36.8 Å². The number of alkyl halides is 3. The molecule has 0 spiro atoms. The van der Waals surface area contributed by atoms with Gasteiger partial charge in [0.25, 0.3) is 5.69 Å². The second-order valence-corrected chi connectivity index (χ2v) is 10.4. The number of halogens is 3. The number of piperazine rings is 1. The Kier molecular flexibility index (Phi) is 9.09. The number of hydrogen-bond donors (Lipinski definition) is 0. The van der Waals surface area contributed by atoms with Gasteiger partial charge in [-0.2, -0.15) is 13.2 Å². The zero-order chi connectivity index (χ0) is 27.3. The quantitative estimate of drug-likeness (QED) is 0.238. The van der Waals surface area contributed by atoms with Crippen LogP contribution in [0.15, 0.2) is 42.5 Å². The molecule has 2 fully saturated rings. The number of rotatable bonds is 8. The second-order valence-electron chi connectivity index (χ2n) is 9.90. The van der Waals surface area contributed by atoms with E-state index < -0.39 is 22.4 Å². The molecule has 206 valence electrons. The smallest absolute Gasteiger partial charge is 0.423 e. The Morgan fingerprint density at radius 1 is 1.05 bits per heavy atom. The van der Waals surface area contributed by atoms with Crippen LogP contribution in [0.2, 0.25) is 0 Å². The Morgan fingerprint density at radius 3 is 2.32 bits per heavy atom. The molecule has 0 radical (unpaired) electrons. The summed E-state index contributed by atoms with van der Waals surface area (Å²) in [7, 11) is 0. The molecule has 38 heavy (non-hydrogen) atoms. The number of aryl methyl sites for hydroxylation is 1. The van der Waals surface area contributed by atoms with E-state index in [1.807, 2.05) is 0 Å². The van der Waals surface area contributed by atoms with Crippen molar-refractivity contribution in [2.75, 3.05) is 50.7 Å². The average Bonchev–Trinajstić information content (AvgIpc) is 2.89. The van der Waals surface area contributed by atoms with Crippen molar-refractivity contribution in [2.45, 2.75) is 44.9 Å². The Balaban J connectivity index is 1.17. The summed E-state index contributed by atoms with van der Waals surface area (Å²) in [5.41, 5.74) is 0.274. The van der Waals surface area contributed by atoms with Crippen molar-refractivity contribution in [1.82, 2.24) is 9.80 Å². The molecule has 0 amide bonds. The highest BCUT2D eigenvalue weighted by Gasteiger charge is 2.39. The van der Waals surface area contributed by atoms with Gasteiger partial charge in [0, 0.05) is 63.9 Å². The maximum atomic E-state index is 13.2. The molecule has 0 N–H and O–H groups in total. The molecule has 0 unspecified atom stereocenters. The van der Waals surface area contributed by atoms with Crippen molar-refractivity contribution in [3.63, 3.8) is 0 Å². The van der Waals surface area contributed by atoms with Crippen molar-refractivity contribution in [3.8, 4) is 5.75 Å². The Bertz CT molecular complexity index is 1110. The summed E-state index contributed by atoms with van der Waals surface area (Å²) in [6.45, 7) is 8.55. The molecule has 2 aliphatic rings. The van der Waals surface area contributed by atoms with Gasteiger partial charge < -0.3 is 14.5 Å². The molecule has 7 nitrogen and oxygen atoms in total. The lowest BCUT2D eigenvalue weighted by molar-refractivity contribution is -0.388. The third-order valence-corrected chi connectivity index (χ3v) is 7.67. The van der Waals surface area contributed by atoms with E-state index in [9.17, 15) is 23.3 Å². The molecule has 0 aromatic heterocycles. The fourth-order valence-corrected chi connectivity index (χ4v) is 5.31. The topological polar surface area (TPSA) is 62.1 Å². The van der Waals surface area contributed by atoms with Crippen LogP contribution in [0, 0.1) is 17.0 Å². The first-order valence-corrected chi connectivity index (χ1v) is 13.3. The number of ether oxygens (including phenoxy) is 1. The van der Waals surface area contributed by atoms with Gasteiger partial charge in [-0.05, 0) is 50.6 Å². The Morgan fingerprint density at radius 2 is 1.71 bits per heavy atom. The van der Waals surface area contributed by atoms with Crippen LogP contribution >= 0.6 is 12.2 Å². The number of nitro groups is 1. The van der Waals surface area contributed by atoms with Crippen LogP contribution in [0.5, 0.6) is 5.75 Å².